The van der Waals surface area contributed by atoms with E-state index in [0.717, 1.165) is 45.1 Å². The second-order valence-corrected chi connectivity index (χ2v) is 6.69. The molecule has 2 rings (SSSR count). The molecule has 24 heavy (non-hydrogen) atoms. The Bertz CT molecular complexity index is 603. The summed E-state index contributed by atoms with van der Waals surface area (Å²) in [5.41, 5.74) is 0.0729. The summed E-state index contributed by atoms with van der Waals surface area (Å²) in [4.78, 5) is 13.6. The zero-order valence-electron chi connectivity index (χ0n) is 13.3. The van der Waals surface area contributed by atoms with Crippen molar-refractivity contribution in [3.8, 4) is 0 Å². The Labute approximate surface area is 154 Å². The van der Waals surface area contributed by atoms with Crippen LogP contribution in [-0.4, -0.2) is 65.7 Å². The minimum Gasteiger partial charge on any atom is -0.465 e. The largest absolute Gasteiger partial charge is 0.465 e. The van der Waals surface area contributed by atoms with Crippen LogP contribution in [0.3, 0.4) is 0 Å². The predicted octanol–water partition coefficient (Wildman–Crippen LogP) is 0.483. The average molecular weight is 404 g/mol. The summed E-state index contributed by atoms with van der Waals surface area (Å²) in [6.45, 7) is 5.06. The third-order valence-electron chi connectivity index (χ3n) is 3.41. The standard InChI is InChI=1S/C13H21N3O5S.2ClH/c1-20-13(17)11-9-12(21-10-11)22(18,19)15-3-2-6-16-7-4-14-5-8-16;;/h9-10,14-15H,2-8H2,1H3;2*1H. The molecule has 0 atom stereocenters. The third kappa shape index (κ3) is 6.58. The van der Waals surface area contributed by atoms with Gasteiger partial charge in [-0.05, 0) is 13.0 Å². The number of nitrogens with one attached hydrogen (secondary N) is 2. The molecule has 0 spiro atoms. The van der Waals surface area contributed by atoms with E-state index in [0.29, 0.717) is 13.0 Å². The number of sulfonamides is 1. The molecule has 1 aliphatic heterocycles. The number of esters is 1. The van der Waals surface area contributed by atoms with E-state index in [2.05, 4.69) is 19.7 Å². The maximum Gasteiger partial charge on any atom is 0.341 e. The molecule has 2 heterocycles. The van der Waals surface area contributed by atoms with Gasteiger partial charge in [-0.15, -0.1) is 24.8 Å². The minimum absolute atomic E-state index is 0. The van der Waals surface area contributed by atoms with E-state index in [1.807, 2.05) is 0 Å². The van der Waals surface area contributed by atoms with Gasteiger partial charge in [-0.3, -0.25) is 0 Å². The number of furan rings is 1. The van der Waals surface area contributed by atoms with Crippen molar-refractivity contribution in [3.05, 3.63) is 17.9 Å². The van der Waals surface area contributed by atoms with E-state index < -0.39 is 16.0 Å². The van der Waals surface area contributed by atoms with E-state index in [9.17, 15) is 13.2 Å². The van der Waals surface area contributed by atoms with Gasteiger partial charge in [0.05, 0.1) is 12.7 Å². The molecule has 140 valence electrons. The van der Waals surface area contributed by atoms with Crippen molar-refractivity contribution < 1.29 is 22.4 Å². The van der Waals surface area contributed by atoms with Gasteiger partial charge in [-0.1, -0.05) is 0 Å². The lowest BCUT2D eigenvalue weighted by molar-refractivity contribution is 0.0600. The van der Waals surface area contributed by atoms with Crippen LogP contribution >= 0.6 is 24.8 Å². The highest BCUT2D eigenvalue weighted by molar-refractivity contribution is 7.89. The van der Waals surface area contributed by atoms with Crippen LogP contribution in [0.5, 0.6) is 0 Å². The van der Waals surface area contributed by atoms with Crippen LogP contribution in [0.15, 0.2) is 21.8 Å². The van der Waals surface area contributed by atoms with E-state index in [1.54, 1.807) is 0 Å². The lowest BCUT2D eigenvalue weighted by Crippen LogP contribution is -2.44. The number of hydrogen-bond donors (Lipinski definition) is 2. The van der Waals surface area contributed by atoms with Gasteiger partial charge in [0, 0.05) is 38.8 Å². The summed E-state index contributed by atoms with van der Waals surface area (Å²) in [5, 5.41) is 2.98. The highest BCUT2D eigenvalue weighted by Gasteiger charge is 2.21. The summed E-state index contributed by atoms with van der Waals surface area (Å²) >= 11 is 0. The highest BCUT2D eigenvalue weighted by Crippen LogP contribution is 2.14. The lowest BCUT2D eigenvalue weighted by Gasteiger charge is -2.26. The van der Waals surface area contributed by atoms with Crippen LogP contribution in [0.25, 0.3) is 0 Å². The van der Waals surface area contributed by atoms with E-state index >= 15 is 0 Å². The van der Waals surface area contributed by atoms with E-state index in [4.69, 9.17) is 4.42 Å². The van der Waals surface area contributed by atoms with Gasteiger partial charge in [-0.2, -0.15) is 0 Å². The molecule has 1 fully saturated rings. The maximum absolute atomic E-state index is 12.0. The zero-order chi connectivity index (χ0) is 16.0. The van der Waals surface area contributed by atoms with Crippen LogP contribution in [-0.2, 0) is 14.8 Å². The van der Waals surface area contributed by atoms with Gasteiger partial charge < -0.3 is 19.4 Å². The van der Waals surface area contributed by atoms with Gasteiger partial charge in [0.1, 0.15) is 6.26 Å². The van der Waals surface area contributed by atoms with Gasteiger partial charge in [0.2, 0.25) is 5.09 Å². The number of rotatable bonds is 7. The second-order valence-electron chi connectivity index (χ2n) is 4.99. The average Bonchev–Trinajstić information content (AvgIpc) is 3.03. The number of carbonyl (C=O) groups excluding carboxylic acids is 1. The fourth-order valence-corrected chi connectivity index (χ4v) is 3.21. The fraction of sp³-hybridized carbons (Fsp3) is 0.615. The van der Waals surface area contributed by atoms with Crippen LogP contribution < -0.4 is 10.0 Å². The van der Waals surface area contributed by atoms with Crippen LogP contribution in [0.4, 0.5) is 0 Å². The molecule has 0 aliphatic carbocycles. The third-order valence-corrected chi connectivity index (χ3v) is 4.74. The zero-order valence-corrected chi connectivity index (χ0v) is 15.8. The Morgan fingerprint density at radius 1 is 1.38 bits per heavy atom. The molecule has 8 nitrogen and oxygen atoms in total. The number of piperazine rings is 1. The number of carbonyl (C=O) groups is 1. The molecule has 0 unspecified atom stereocenters. The second kappa shape index (κ2) is 10.9. The monoisotopic (exact) mass is 403 g/mol. The fourth-order valence-electron chi connectivity index (χ4n) is 2.20. The van der Waals surface area contributed by atoms with Crippen molar-refractivity contribution in [2.24, 2.45) is 0 Å². The van der Waals surface area contributed by atoms with Gasteiger partial charge in [-0.25, -0.2) is 17.9 Å². The van der Waals surface area contributed by atoms with Crippen LogP contribution in [0.2, 0.25) is 0 Å². The van der Waals surface area contributed by atoms with Gasteiger partial charge >= 0.3 is 5.97 Å². The summed E-state index contributed by atoms with van der Waals surface area (Å²) in [6, 6.07) is 1.16. The summed E-state index contributed by atoms with van der Waals surface area (Å²) in [7, 11) is -2.52. The van der Waals surface area contributed by atoms with Crippen molar-refractivity contribution in [1.82, 2.24) is 14.9 Å². The quantitative estimate of drug-likeness (QED) is 0.504. The molecule has 1 aliphatic rings. The smallest absolute Gasteiger partial charge is 0.341 e. The summed E-state index contributed by atoms with van der Waals surface area (Å²) in [6.07, 6.45) is 1.78. The maximum atomic E-state index is 12.0. The number of methoxy groups -OCH3 is 1. The number of nitrogens with zero attached hydrogens (tertiary/aromatic N) is 1. The molecule has 11 heteroatoms. The van der Waals surface area contributed by atoms with Crippen molar-refractivity contribution in [2.45, 2.75) is 11.5 Å². The van der Waals surface area contributed by atoms with Crippen molar-refractivity contribution in [1.29, 1.82) is 0 Å². The van der Waals surface area contributed by atoms with Crippen molar-refractivity contribution >= 4 is 40.8 Å². The van der Waals surface area contributed by atoms with E-state index in [-0.39, 0.29) is 35.5 Å². The molecule has 1 aromatic heterocycles. The Morgan fingerprint density at radius 3 is 2.67 bits per heavy atom. The van der Waals surface area contributed by atoms with Crippen molar-refractivity contribution in [2.75, 3.05) is 46.4 Å². The molecular formula is C13H23Cl2N3O5S. The van der Waals surface area contributed by atoms with Gasteiger partial charge in [0.15, 0.2) is 0 Å². The molecule has 0 aromatic carbocycles. The van der Waals surface area contributed by atoms with Gasteiger partial charge in [0.25, 0.3) is 10.0 Å². The van der Waals surface area contributed by atoms with E-state index in [1.165, 1.54) is 7.11 Å². The summed E-state index contributed by atoms with van der Waals surface area (Å²) < 4.78 is 36.0. The molecule has 1 saturated heterocycles. The Kier molecular flexibility index (Phi) is 10.5. The first kappa shape index (κ1) is 23.2. The number of ether oxygens (including phenoxy) is 1. The highest BCUT2D eigenvalue weighted by atomic mass is 35.5. The van der Waals surface area contributed by atoms with Crippen molar-refractivity contribution in [3.63, 3.8) is 0 Å². The predicted molar refractivity (Wildman–Crippen MR) is 93.7 cm³/mol. The normalized spacial score (nSPS) is 15.2. The van der Waals surface area contributed by atoms with Crippen LogP contribution in [0.1, 0.15) is 16.8 Å². The minimum atomic E-state index is -3.74. The molecule has 0 radical (unpaired) electrons. The first-order valence-corrected chi connectivity index (χ1v) is 8.61. The molecule has 0 amide bonds. The molecular weight excluding hydrogens is 381 g/mol. The lowest BCUT2D eigenvalue weighted by atomic mass is 10.3. The summed E-state index contributed by atoms with van der Waals surface area (Å²) in [5.74, 6) is -0.635. The first-order chi connectivity index (χ1) is 10.5. The Balaban J connectivity index is 0.00000264. The van der Waals surface area contributed by atoms with Crippen LogP contribution in [0, 0.1) is 0 Å². The first-order valence-electron chi connectivity index (χ1n) is 7.12. The molecule has 2 N–H and O–H groups in total. The Morgan fingerprint density at radius 2 is 2.04 bits per heavy atom. The topological polar surface area (TPSA) is 101 Å². The Hall–Kier alpha value is -0.840. The number of hydrogen-bond acceptors (Lipinski definition) is 7. The molecule has 0 bridgehead atoms. The SMILES string of the molecule is COC(=O)c1coc(S(=O)(=O)NCCCN2CCNCC2)c1.Cl.Cl. The number of halogens is 2. The molecule has 0 saturated carbocycles. The molecule has 1 aromatic rings.